The van der Waals surface area contributed by atoms with Gasteiger partial charge in [0.15, 0.2) is 0 Å². The van der Waals surface area contributed by atoms with Crippen molar-refractivity contribution in [3.8, 4) is 12.1 Å². The minimum absolute atomic E-state index is 0.448. The van der Waals surface area contributed by atoms with E-state index in [4.69, 9.17) is 0 Å². The van der Waals surface area contributed by atoms with Gasteiger partial charge in [0.25, 0.3) is 0 Å². The molecule has 6 heteroatoms. The molecule has 0 radical (unpaired) electrons. The Labute approximate surface area is 355 Å². The van der Waals surface area contributed by atoms with Crippen LogP contribution in [0.15, 0.2) is 200 Å². The second-order valence-corrected chi connectivity index (χ2v) is 16.2. The van der Waals surface area contributed by atoms with Crippen molar-refractivity contribution in [1.29, 1.82) is 10.5 Å². The molecule has 6 nitrogen and oxygen atoms in total. The predicted octanol–water partition coefficient (Wildman–Crippen LogP) is 13.8. The van der Waals surface area contributed by atoms with E-state index in [-0.39, 0.29) is 0 Å². The Morgan fingerprint density at radius 1 is 0.323 bits per heavy atom. The zero-order valence-corrected chi connectivity index (χ0v) is 33.3. The minimum atomic E-state index is -0.852. The van der Waals surface area contributed by atoms with E-state index in [9.17, 15) is 10.5 Å². The highest BCUT2D eigenvalue weighted by Crippen LogP contribution is 2.54. The quantitative estimate of drug-likeness (QED) is 0.178. The number of hydrogen-bond acceptors (Lipinski definition) is 2. The van der Waals surface area contributed by atoms with Gasteiger partial charge in [0.1, 0.15) is 12.0 Å². The fraction of sp³-hybridized carbons (Fsp3) is 0.0357. The lowest BCUT2D eigenvalue weighted by molar-refractivity contribution is 0.557. The van der Waals surface area contributed by atoms with Crippen LogP contribution in [-0.2, 0) is 0 Å². The smallest absolute Gasteiger partial charge is 0.115 e. The fourth-order valence-corrected chi connectivity index (χ4v) is 10.9. The average Bonchev–Trinajstić information content (AvgIpc) is 4.06. The molecule has 2 unspecified atom stereocenters. The van der Waals surface area contributed by atoms with Crippen LogP contribution in [0, 0.1) is 28.6 Å². The molecule has 1 aliphatic rings. The molecule has 0 fully saturated rings. The number of para-hydroxylation sites is 8. The molecule has 4 heterocycles. The molecule has 0 saturated carbocycles. The maximum Gasteiger partial charge on any atom is 0.115 e. The van der Waals surface area contributed by atoms with Gasteiger partial charge >= 0.3 is 0 Å². The number of rotatable bonds is 4. The molecule has 8 aromatic carbocycles. The molecule has 12 aromatic rings. The van der Waals surface area contributed by atoms with Crippen LogP contribution in [0.25, 0.3) is 104 Å². The first-order valence-electron chi connectivity index (χ1n) is 21.0. The summed E-state index contributed by atoms with van der Waals surface area (Å²) in [6, 6.07) is 73.0. The van der Waals surface area contributed by atoms with Gasteiger partial charge in [0, 0.05) is 54.1 Å². The summed E-state index contributed by atoms with van der Waals surface area (Å²) in [7, 11) is 0. The third kappa shape index (κ3) is 4.45. The average molecular weight is 791 g/mol. The molecule has 0 bridgehead atoms. The molecule has 0 saturated heterocycles. The van der Waals surface area contributed by atoms with Crippen LogP contribution >= 0.6 is 0 Å². The topological polar surface area (TPSA) is 67.3 Å². The van der Waals surface area contributed by atoms with Crippen molar-refractivity contribution in [2.45, 2.75) is 6.04 Å². The summed E-state index contributed by atoms with van der Waals surface area (Å²) in [5.41, 5.74) is 10.6. The maximum atomic E-state index is 12.2. The van der Waals surface area contributed by atoms with Gasteiger partial charge in [0.05, 0.1) is 67.9 Å². The normalized spacial score (nSPS) is 15.9. The molecule has 62 heavy (non-hydrogen) atoms. The molecule has 0 spiro atoms. The Kier molecular flexibility index (Phi) is 7.17. The van der Waals surface area contributed by atoms with E-state index in [0.717, 1.165) is 98.6 Å². The lowest BCUT2D eigenvalue weighted by Gasteiger charge is -2.38. The van der Waals surface area contributed by atoms with Crippen molar-refractivity contribution in [2.75, 3.05) is 0 Å². The van der Waals surface area contributed by atoms with Crippen molar-refractivity contribution in [3.05, 3.63) is 200 Å². The number of aromatic nitrogens is 4. The highest BCUT2D eigenvalue weighted by atomic mass is 15.2. The minimum Gasteiger partial charge on any atom is -0.329 e. The molecule has 1 aliphatic carbocycles. The molecule has 288 valence electrons. The van der Waals surface area contributed by atoms with Crippen molar-refractivity contribution >= 4 is 104 Å². The second kappa shape index (κ2) is 13.0. The highest BCUT2D eigenvalue weighted by Gasteiger charge is 2.45. The summed E-state index contributed by atoms with van der Waals surface area (Å²) in [6.07, 6.45) is 0. The van der Waals surface area contributed by atoms with Gasteiger partial charge in [-0.05, 0) is 48.5 Å². The van der Waals surface area contributed by atoms with Gasteiger partial charge in [-0.25, -0.2) is 0 Å². The Morgan fingerprint density at radius 2 is 0.597 bits per heavy atom. The van der Waals surface area contributed by atoms with Crippen molar-refractivity contribution < 1.29 is 0 Å². The van der Waals surface area contributed by atoms with Gasteiger partial charge in [-0.2, -0.15) is 10.5 Å². The van der Waals surface area contributed by atoms with Crippen molar-refractivity contribution in [3.63, 3.8) is 0 Å². The van der Waals surface area contributed by atoms with Crippen LogP contribution in [0.1, 0.15) is 6.04 Å². The lowest BCUT2D eigenvalue weighted by atomic mass is 9.83. The van der Waals surface area contributed by atoms with Crippen LogP contribution in [0.2, 0.25) is 0 Å². The first-order valence-corrected chi connectivity index (χ1v) is 21.0. The van der Waals surface area contributed by atoms with Crippen LogP contribution in [0.4, 0.5) is 0 Å². The second-order valence-electron chi connectivity index (χ2n) is 16.2. The summed E-state index contributed by atoms with van der Waals surface area (Å²) in [6.45, 7) is 0. The zero-order valence-electron chi connectivity index (χ0n) is 33.3. The molecule has 0 aliphatic heterocycles. The first-order chi connectivity index (χ1) is 30.8. The van der Waals surface area contributed by atoms with Crippen LogP contribution < -0.4 is 0 Å². The number of benzene rings is 8. The molecular weight excluding hydrogens is 757 g/mol. The van der Waals surface area contributed by atoms with Gasteiger partial charge in [0.2, 0.25) is 0 Å². The number of nitrogens with zero attached hydrogens (tertiary/aromatic N) is 6. The monoisotopic (exact) mass is 790 g/mol. The number of nitriles is 2. The van der Waals surface area contributed by atoms with Crippen molar-refractivity contribution in [1.82, 2.24) is 18.3 Å². The first kappa shape index (κ1) is 34.3. The Hall–Kier alpha value is -8.58. The predicted molar refractivity (Wildman–Crippen MR) is 254 cm³/mol. The molecule has 2 atom stereocenters. The summed E-state index contributed by atoms with van der Waals surface area (Å²) in [4.78, 5) is 0. The summed E-state index contributed by atoms with van der Waals surface area (Å²) >= 11 is 0. The van der Waals surface area contributed by atoms with Gasteiger partial charge in [-0.3, -0.25) is 0 Å². The SMILES string of the molecule is N#CC1=C(n2c3ccccc3c3ccccc32)C(C#N)C(n2c3ccccc3c3ccccc32)C(n2c3ccccc3c3ccccc32)=C1n1c2ccccc2c2ccccc21. The standard InChI is InChI=1S/C56H34N6/c57-33-43-53(59-45-25-9-1-17-35(45)36-18-2-10-26-46(36)59)44(34-58)55(61-49-29-13-5-21-39(49)40-22-6-14-30-50(40)61)56(62-51-31-15-7-23-41(51)42-24-8-16-32-52(42)62)54(43)60-47-27-11-3-19-37(47)38-20-4-12-28-48(38)60/h1-32,43,54H. The summed E-state index contributed by atoms with van der Waals surface area (Å²) in [5.74, 6) is -0.852. The van der Waals surface area contributed by atoms with Crippen molar-refractivity contribution in [2.24, 2.45) is 5.92 Å². The van der Waals surface area contributed by atoms with E-state index in [1.165, 1.54) is 0 Å². The van der Waals surface area contributed by atoms with E-state index in [0.29, 0.717) is 11.3 Å². The van der Waals surface area contributed by atoms with E-state index in [1.807, 2.05) is 12.1 Å². The molecule has 0 N–H and O–H groups in total. The van der Waals surface area contributed by atoms with E-state index in [1.54, 1.807) is 0 Å². The van der Waals surface area contributed by atoms with Crippen LogP contribution in [0.3, 0.4) is 0 Å². The van der Waals surface area contributed by atoms with Gasteiger partial charge < -0.3 is 18.3 Å². The fourth-order valence-electron chi connectivity index (χ4n) is 10.9. The number of hydrogen-bond donors (Lipinski definition) is 0. The summed E-state index contributed by atoms with van der Waals surface area (Å²) < 4.78 is 9.29. The molecule has 13 rings (SSSR count). The lowest BCUT2D eigenvalue weighted by Crippen LogP contribution is -2.31. The third-order valence-corrected chi connectivity index (χ3v) is 13.2. The Bertz CT molecular complexity index is 3820. The summed E-state index contributed by atoms with van der Waals surface area (Å²) in [5, 5.41) is 33.0. The van der Waals surface area contributed by atoms with Crippen LogP contribution in [-0.4, -0.2) is 18.3 Å². The van der Waals surface area contributed by atoms with E-state index >= 15 is 0 Å². The third-order valence-electron chi connectivity index (χ3n) is 13.2. The molecule has 4 aromatic heterocycles. The van der Waals surface area contributed by atoms with E-state index < -0.39 is 12.0 Å². The number of fused-ring (bicyclic) bond motifs is 12. The molecular formula is C56H34N6. The van der Waals surface area contributed by atoms with E-state index in [2.05, 4.69) is 212 Å². The number of allylic oxidation sites excluding steroid dienone is 4. The Balaban J connectivity index is 1.35. The van der Waals surface area contributed by atoms with Gasteiger partial charge in [-0.1, -0.05) is 146 Å². The zero-order chi connectivity index (χ0) is 41.1. The highest BCUT2D eigenvalue weighted by molar-refractivity contribution is 6.18. The largest absolute Gasteiger partial charge is 0.329 e. The van der Waals surface area contributed by atoms with Gasteiger partial charge in [-0.15, -0.1) is 0 Å². The maximum absolute atomic E-state index is 12.2. The van der Waals surface area contributed by atoms with Crippen LogP contribution in [0.5, 0.6) is 0 Å². The molecule has 0 amide bonds. The Morgan fingerprint density at radius 3 is 0.919 bits per heavy atom.